The molecule has 0 bridgehead atoms. The van der Waals surface area contributed by atoms with Crippen LogP contribution in [0.25, 0.3) is 0 Å². The Bertz CT molecular complexity index is 677. The van der Waals surface area contributed by atoms with Crippen LogP contribution in [0.3, 0.4) is 0 Å². The molecule has 0 fully saturated rings. The van der Waals surface area contributed by atoms with Gasteiger partial charge in [-0.3, -0.25) is 4.79 Å². The monoisotopic (exact) mass is 258 g/mol. The first-order valence-electron chi connectivity index (χ1n) is 5.30. The third-order valence-corrected chi connectivity index (χ3v) is 2.38. The molecular weight excluding hydrogens is 250 g/mol. The van der Waals surface area contributed by atoms with E-state index in [1.807, 2.05) is 0 Å². The van der Waals surface area contributed by atoms with Crippen LogP contribution in [-0.4, -0.2) is 10.9 Å². The summed E-state index contributed by atoms with van der Waals surface area (Å²) in [5.41, 5.74) is 0.551. The molecule has 3 nitrogen and oxygen atoms in total. The zero-order chi connectivity index (χ0) is 13.8. The number of amides is 1. The van der Waals surface area contributed by atoms with E-state index in [4.69, 9.17) is 6.42 Å². The average molecular weight is 258 g/mol. The Morgan fingerprint density at radius 2 is 2.11 bits per heavy atom. The van der Waals surface area contributed by atoms with Crippen molar-refractivity contribution in [3.8, 4) is 12.3 Å². The second-order valence-corrected chi connectivity index (χ2v) is 3.64. The summed E-state index contributed by atoms with van der Waals surface area (Å²) in [6, 6.07) is 7.57. The Kier molecular flexibility index (Phi) is 3.53. The van der Waals surface area contributed by atoms with Gasteiger partial charge in [0, 0.05) is 17.4 Å². The molecule has 0 saturated heterocycles. The van der Waals surface area contributed by atoms with Gasteiger partial charge in [-0.2, -0.15) is 4.39 Å². The minimum atomic E-state index is -1.31. The Hall–Kier alpha value is -2.74. The zero-order valence-corrected chi connectivity index (χ0v) is 9.65. The van der Waals surface area contributed by atoms with Gasteiger partial charge < -0.3 is 5.32 Å². The topological polar surface area (TPSA) is 42.0 Å². The standard InChI is InChI=1S/C14H8F2N2O/c1-2-9-4-3-5-10(8-9)18-14(19)11-6-7-17-13(16)12(11)15/h1,3-8H,(H,18,19). The molecule has 0 atom stereocenters. The minimum Gasteiger partial charge on any atom is -0.322 e. The molecule has 1 aromatic heterocycles. The molecule has 1 heterocycles. The van der Waals surface area contributed by atoms with E-state index in [-0.39, 0.29) is 0 Å². The largest absolute Gasteiger partial charge is 0.322 e. The lowest BCUT2D eigenvalue weighted by Gasteiger charge is -2.06. The molecule has 0 saturated carbocycles. The van der Waals surface area contributed by atoms with Gasteiger partial charge in [0.2, 0.25) is 5.95 Å². The highest BCUT2D eigenvalue weighted by Crippen LogP contribution is 2.14. The van der Waals surface area contributed by atoms with E-state index in [0.717, 1.165) is 12.3 Å². The quantitative estimate of drug-likeness (QED) is 0.664. The number of hydrogen-bond acceptors (Lipinski definition) is 2. The van der Waals surface area contributed by atoms with Crippen molar-refractivity contribution in [1.82, 2.24) is 4.98 Å². The predicted molar refractivity (Wildman–Crippen MR) is 66.5 cm³/mol. The first-order chi connectivity index (χ1) is 9.11. The van der Waals surface area contributed by atoms with Gasteiger partial charge in [-0.05, 0) is 24.3 Å². The molecule has 1 aromatic carbocycles. The number of carbonyl (C=O) groups excluding carboxylic acids is 1. The number of terminal acetylenes is 1. The number of rotatable bonds is 2. The third-order valence-electron chi connectivity index (χ3n) is 2.38. The smallest absolute Gasteiger partial charge is 0.258 e. The van der Waals surface area contributed by atoms with Gasteiger partial charge in [-0.1, -0.05) is 12.0 Å². The van der Waals surface area contributed by atoms with Crippen LogP contribution in [0.2, 0.25) is 0 Å². The highest BCUT2D eigenvalue weighted by molar-refractivity contribution is 6.04. The Morgan fingerprint density at radius 3 is 2.84 bits per heavy atom. The molecule has 94 valence electrons. The van der Waals surface area contributed by atoms with Crippen LogP contribution in [0.15, 0.2) is 36.5 Å². The molecule has 19 heavy (non-hydrogen) atoms. The van der Waals surface area contributed by atoms with Crippen molar-refractivity contribution < 1.29 is 13.6 Å². The number of benzene rings is 1. The second kappa shape index (κ2) is 5.27. The normalized spacial score (nSPS) is 9.74. The summed E-state index contributed by atoms with van der Waals surface area (Å²) in [6.07, 6.45) is 6.24. The van der Waals surface area contributed by atoms with Crippen molar-refractivity contribution in [2.75, 3.05) is 5.32 Å². The zero-order valence-electron chi connectivity index (χ0n) is 9.65. The van der Waals surface area contributed by atoms with E-state index in [2.05, 4.69) is 16.2 Å². The predicted octanol–water partition coefficient (Wildman–Crippen LogP) is 2.59. The van der Waals surface area contributed by atoms with Crippen molar-refractivity contribution in [2.45, 2.75) is 0 Å². The van der Waals surface area contributed by atoms with Gasteiger partial charge in [0.05, 0.1) is 5.56 Å². The van der Waals surface area contributed by atoms with Crippen molar-refractivity contribution in [3.63, 3.8) is 0 Å². The number of nitrogens with one attached hydrogen (secondary N) is 1. The van der Waals surface area contributed by atoms with Gasteiger partial charge in [0.25, 0.3) is 5.91 Å². The number of anilines is 1. The van der Waals surface area contributed by atoms with E-state index in [1.54, 1.807) is 24.3 Å². The summed E-state index contributed by atoms with van der Waals surface area (Å²) >= 11 is 0. The number of hydrogen-bond donors (Lipinski definition) is 1. The van der Waals surface area contributed by atoms with Crippen molar-refractivity contribution in [3.05, 3.63) is 59.4 Å². The maximum absolute atomic E-state index is 13.4. The van der Waals surface area contributed by atoms with E-state index < -0.39 is 23.2 Å². The number of pyridine rings is 1. The number of nitrogens with zero attached hydrogens (tertiary/aromatic N) is 1. The lowest BCUT2D eigenvalue weighted by molar-refractivity contribution is 0.102. The van der Waals surface area contributed by atoms with Crippen molar-refractivity contribution in [1.29, 1.82) is 0 Å². The van der Waals surface area contributed by atoms with Gasteiger partial charge >= 0.3 is 0 Å². The second-order valence-electron chi connectivity index (χ2n) is 3.64. The Balaban J connectivity index is 2.26. The fourth-order valence-electron chi connectivity index (χ4n) is 1.48. The molecule has 5 heteroatoms. The van der Waals surface area contributed by atoms with Gasteiger partial charge in [0.15, 0.2) is 5.82 Å². The average Bonchev–Trinajstić information content (AvgIpc) is 2.42. The molecule has 2 rings (SSSR count). The first-order valence-corrected chi connectivity index (χ1v) is 5.30. The maximum Gasteiger partial charge on any atom is 0.258 e. The fraction of sp³-hybridized carbons (Fsp3) is 0. The summed E-state index contributed by atoms with van der Waals surface area (Å²) in [6.45, 7) is 0. The summed E-state index contributed by atoms with van der Waals surface area (Å²) in [7, 11) is 0. The maximum atomic E-state index is 13.4. The summed E-state index contributed by atoms with van der Waals surface area (Å²) < 4.78 is 26.3. The van der Waals surface area contributed by atoms with Crippen LogP contribution < -0.4 is 5.32 Å². The van der Waals surface area contributed by atoms with Crippen molar-refractivity contribution >= 4 is 11.6 Å². The molecular formula is C14H8F2N2O. The SMILES string of the molecule is C#Cc1cccc(NC(=O)c2ccnc(F)c2F)c1. The van der Waals surface area contributed by atoms with Crippen LogP contribution >= 0.6 is 0 Å². The highest BCUT2D eigenvalue weighted by atomic mass is 19.2. The number of carbonyl (C=O) groups is 1. The molecule has 0 aliphatic carbocycles. The van der Waals surface area contributed by atoms with Crippen LogP contribution in [0.1, 0.15) is 15.9 Å². The molecule has 1 amide bonds. The highest BCUT2D eigenvalue weighted by Gasteiger charge is 2.16. The van der Waals surface area contributed by atoms with Crippen LogP contribution in [-0.2, 0) is 0 Å². The fourth-order valence-corrected chi connectivity index (χ4v) is 1.48. The number of halogens is 2. The Morgan fingerprint density at radius 1 is 1.32 bits per heavy atom. The summed E-state index contributed by atoms with van der Waals surface area (Å²) in [5.74, 6) is -0.964. The van der Waals surface area contributed by atoms with Crippen LogP contribution in [0, 0.1) is 24.1 Å². The molecule has 0 radical (unpaired) electrons. The molecule has 0 aliphatic heterocycles. The third kappa shape index (κ3) is 2.75. The lowest BCUT2D eigenvalue weighted by atomic mass is 10.2. The number of aromatic nitrogens is 1. The van der Waals surface area contributed by atoms with E-state index in [1.165, 1.54) is 0 Å². The molecule has 2 aromatic rings. The molecule has 0 aliphatic rings. The Labute approximate surface area is 108 Å². The first kappa shape index (κ1) is 12.7. The van der Waals surface area contributed by atoms with Gasteiger partial charge in [0.1, 0.15) is 0 Å². The molecule has 0 unspecified atom stereocenters. The van der Waals surface area contributed by atoms with E-state index in [0.29, 0.717) is 11.3 Å². The van der Waals surface area contributed by atoms with Crippen LogP contribution in [0.4, 0.5) is 14.5 Å². The summed E-state index contributed by atoms with van der Waals surface area (Å²) in [4.78, 5) is 14.9. The summed E-state index contributed by atoms with van der Waals surface area (Å²) in [5, 5.41) is 2.43. The van der Waals surface area contributed by atoms with Gasteiger partial charge in [-0.15, -0.1) is 6.42 Å². The van der Waals surface area contributed by atoms with Crippen LogP contribution in [0.5, 0.6) is 0 Å². The molecule has 1 N–H and O–H groups in total. The lowest BCUT2D eigenvalue weighted by Crippen LogP contribution is -2.15. The van der Waals surface area contributed by atoms with E-state index in [9.17, 15) is 13.6 Å². The van der Waals surface area contributed by atoms with Gasteiger partial charge in [-0.25, -0.2) is 9.37 Å². The minimum absolute atomic E-state index is 0.400. The van der Waals surface area contributed by atoms with Crippen molar-refractivity contribution in [2.24, 2.45) is 0 Å². The van der Waals surface area contributed by atoms with E-state index >= 15 is 0 Å². The molecule has 0 spiro atoms.